The Labute approximate surface area is 223 Å². The SMILES string of the molecule is Clc1ccc(COc2ccc(C=NNc3nc(-c4ccc(Cl)cc4)c(-c4ccccc4)s3)cc2)cc1. The standard InChI is InChI=1S/C29H21Cl2N3OS/c30-24-12-6-21(7-13-24)19-35-26-16-8-20(9-17-26)18-32-34-29-33-27(22-10-14-25(31)15-11-22)28(36-29)23-4-2-1-3-5-23/h1-18H,19H2,(H,33,34). The summed E-state index contributed by atoms with van der Waals surface area (Å²) in [4.78, 5) is 5.88. The van der Waals surface area contributed by atoms with Gasteiger partial charge in [-0.1, -0.05) is 89.1 Å². The van der Waals surface area contributed by atoms with Crippen LogP contribution in [0.2, 0.25) is 10.0 Å². The molecular weight excluding hydrogens is 509 g/mol. The summed E-state index contributed by atoms with van der Waals surface area (Å²) in [5.41, 5.74) is 8.08. The quantitative estimate of drug-likeness (QED) is 0.161. The van der Waals surface area contributed by atoms with Gasteiger partial charge in [0.05, 0.1) is 16.8 Å². The minimum atomic E-state index is 0.482. The van der Waals surface area contributed by atoms with Crippen LogP contribution in [-0.4, -0.2) is 11.2 Å². The number of ether oxygens (including phenoxy) is 1. The summed E-state index contributed by atoms with van der Waals surface area (Å²) >= 11 is 13.6. The van der Waals surface area contributed by atoms with E-state index in [2.05, 4.69) is 22.7 Å². The molecule has 178 valence electrons. The van der Waals surface area contributed by atoms with Crippen LogP contribution in [0.4, 0.5) is 5.13 Å². The van der Waals surface area contributed by atoms with E-state index >= 15 is 0 Å². The number of hydrogen-bond acceptors (Lipinski definition) is 5. The number of hydrazone groups is 1. The van der Waals surface area contributed by atoms with Crippen LogP contribution < -0.4 is 10.2 Å². The first-order valence-electron chi connectivity index (χ1n) is 11.2. The van der Waals surface area contributed by atoms with Gasteiger partial charge in [0.15, 0.2) is 0 Å². The fraction of sp³-hybridized carbons (Fsp3) is 0.0345. The van der Waals surface area contributed by atoms with Crippen molar-refractivity contribution in [1.82, 2.24) is 4.98 Å². The third kappa shape index (κ3) is 6.13. The Balaban J connectivity index is 1.27. The number of nitrogens with one attached hydrogen (secondary N) is 1. The van der Waals surface area contributed by atoms with Crippen molar-refractivity contribution in [3.8, 4) is 27.4 Å². The maximum atomic E-state index is 6.09. The van der Waals surface area contributed by atoms with Crippen LogP contribution in [0.15, 0.2) is 108 Å². The predicted molar refractivity (Wildman–Crippen MR) is 151 cm³/mol. The summed E-state index contributed by atoms with van der Waals surface area (Å²) in [6.45, 7) is 0.482. The average molecular weight is 530 g/mol. The zero-order valence-corrected chi connectivity index (χ0v) is 21.4. The molecule has 0 atom stereocenters. The molecule has 0 aliphatic heterocycles. The van der Waals surface area contributed by atoms with E-state index in [-0.39, 0.29) is 0 Å². The highest BCUT2D eigenvalue weighted by Crippen LogP contribution is 2.39. The molecule has 0 fully saturated rings. The molecule has 4 nitrogen and oxygen atoms in total. The number of nitrogens with zero attached hydrogens (tertiary/aromatic N) is 2. The summed E-state index contributed by atoms with van der Waals surface area (Å²) in [5.74, 6) is 0.787. The van der Waals surface area contributed by atoms with Crippen molar-refractivity contribution in [3.05, 3.63) is 124 Å². The summed E-state index contributed by atoms with van der Waals surface area (Å²) < 4.78 is 5.85. The molecule has 0 unspecified atom stereocenters. The molecule has 1 aromatic heterocycles. The largest absolute Gasteiger partial charge is 0.489 e. The van der Waals surface area contributed by atoms with Crippen LogP contribution in [0.3, 0.4) is 0 Å². The molecule has 0 bridgehead atoms. The summed E-state index contributed by atoms with van der Waals surface area (Å²) in [6, 6.07) is 33.3. The molecule has 0 spiro atoms. The average Bonchev–Trinajstić information content (AvgIpc) is 3.34. The molecule has 0 amide bonds. The number of rotatable bonds is 8. The summed E-state index contributed by atoms with van der Waals surface area (Å²) in [7, 11) is 0. The smallest absolute Gasteiger partial charge is 0.204 e. The number of thiazole rings is 1. The van der Waals surface area contributed by atoms with Gasteiger partial charge in [-0.25, -0.2) is 4.98 Å². The third-order valence-corrected chi connectivity index (χ3v) is 6.87. The van der Waals surface area contributed by atoms with Gasteiger partial charge in [-0.3, -0.25) is 5.43 Å². The van der Waals surface area contributed by atoms with Crippen molar-refractivity contribution < 1.29 is 4.74 Å². The molecular formula is C29H21Cl2N3OS. The van der Waals surface area contributed by atoms with Gasteiger partial charge >= 0.3 is 0 Å². The first kappa shape index (κ1) is 24.1. The van der Waals surface area contributed by atoms with Gasteiger partial charge in [0, 0.05) is 15.6 Å². The van der Waals surface area contributed by atoms with E-state index in [1.165, 1.54) is 0 Å². The number of benzene rings is 4. The topological polar surface area (TPSA) is 46.5 Å². The van der Waals surface area contributed by atoms with Crippen LogP contribution in [0, 0.1) is 0 Å². The Morgan fingerprint density at radius 2 is 1.44 bits per heavy atom. The highest BCUT2D eigenvalue weighted by atomic mass is 35.5. The van der Waals surface area contributed by atoms with E-state index in [4.69, 9.17) is 32.9 Å². The van der Waals surface area contributed by atoms with Crippen LogP contribution in [-0.2, 0) is 6.61 Å². The van der Waals surface area contributed by atoms with E-state index in [0.717, 1.165) is 38.6 Å². The molecule has 1 heterocycles. The number of hydrogen-bond donors (Lipinski definition) is 1. The van der Waals surface area contributed by atoms with Crippen molar-refractivity contribution in [1.29, 1.82) is 0 Å². The van der Waals surface area contributed by atoms with Gasteiger partial charge in [0.2, 0.25) is 5.13 Å². The molecule has 1 N–H and O–H groups in total. The molecule has 5 rings (SSSR count). The lowest BCUT2D eigenvalue weighted by Crippen LogP contribution is -1.95. The molecule has 4 aromatic carbocycles. The first-order chi connectivity index (χ1) is 17.6. The Kier molecular flexibility index (Phi) is 7.62. The Bertz CT molecular complexity index is 1450. The van der Waals surface area contributed by atoms with Gasteiger partial charge in [0.25, 0.3) is 0 Å². The fourth-order valence-electron chi connectivity index (χ4n) is 3.52. The van der Waals surface area contributed by atoms with Crippen molar-refractivity contribution in [2.24, 2.45) is 5.10 Å². The minimum absolute atomic E-state index is 0.482. The van der Waals surface area contributed by atoms with Crippen LogP contribution in [0.5, 0.6) is 5.75 Å². The molecule has 0 aliphatic rings. The maximum Gasteiger partial charge on any atom is 0.204 e. The second-order valence-electron chi connectivity index (χ2n) is 7.92. The zero-order valence-electron chi connectivity index (χ0n) is 19.1. The summed E-state index contributed by atoms with van der Waals surface area (Å²) in [6.07, 6.45) is 1.76. The van der Waals surface area contributed by atoms with E-state index in [1.807, 2.05) is 91.0 Å². The monoisotopic (exact) mass is 529 g/mol. The van der Waals surface area contributed by atoms with Crippen molar-refractivity contribution in [2.45, 2.75) is 6.61 Å². The predicted octanol–water partition coefficient (Wildman–Crippen LogP) is 8.81. The van der Waals surface area contributed by atoms with Gasteiger partial charge in [-0.05, 0) is 65.2 Å². The van der Waals surface area contributed by atoms with Crippen molar-refractivity contribution in [3.63, 3.8) is 0 Å². The Hall–Kier alpha value is -3.64. The first-order valence-corrected chi connectivity index (χ1v) is 12.8. The fourth-order valence-corrected chi connectivity index (χ4v) is 4.71. The Morgan fingerprint density at radius 1 is 0.778 bits per heavy atom. The van der Waals surface area contributed by atoms with Gasteiger partial charge in [-0.2, -0.15) is 5.10 Å². The molecule has 0 aliphatic carbocycles. The number of anilines is 1. The molecule has 0 saturated carbocycles. The van der Waals surface area contributed by atoms with Gasteiger partial charge < -0.3 is 4.74 Å². The maximum absolute atomic E-state index is 6.09. The van der Waals surface area contributed by atoms with E-state index in [1.54, 1.807) is 17.6 Å². The van der Waals surface area contributed by atoms with E-state index in [0.29, 0.717) is 21.8 Å². The molecule has 0 radical (unpaired) electrons. The van der Waals surface area contributed by atoms with Crippen LogP contribution in [0.25, 0.3) is 21.7 Å². The number of aromatic nitrogens is 1. The molecule has 5 aromatic rings. The lowest BCUT2D eigenvalue weighted by atomic mass is 10.1. The highest BCUT2D eigenvalue weighted by molar-refractivity contribution is 7.19. The van der Waals surface area contributed by atoms with E-state index < -0.39 is 0 Å². The summed E-state index contributed by atoms with van der Waals surface area (Å²) in [5, 5.41) is 6.51. The molecule has 0 saturated heterocycles. The second-order valence-corrected chi connectivity index (χ2v) is 9.80. The van der Waals surface area contributed by atoms with Crippen molar-refractivity contribution >= 4 is 45.9 Å². The number of halogens is 2. The van der Waals surface area contributed by atoms with E-state index in [9.17, 15) is 0 Å². The molecule has 36 heavy (non-hydrogen) atoms. The minimum Gasteiger partial charge on any atom is -0.489 e. The second kappa shape index (κ2) is 11.4. The van der Waals surface area contributed by atoms with Crippen molar-refractivity contribution in [2.75, 3.05) is 5.43 Å². The molecule has 7 heteroatoms. The van der Waals surface area contributed by atoms with Crippen LogP contribution in [0.1, 0.15) is 11.1 Å². The highest BCUT2D eigenvalue weighted by Gasteiger charge is 2.14. The zero-order chi connectivity index (χ0) is 24.7. The van der Waals surface area contributed by atoms with Gasteiger partial charge in [-0.15, -0.1) is 0 Å². The third-order valence-electron chi connectivity index (χ3n) is 5.35. The lowest BCUT2D eigenvalue weighted by molar-refractivity contribution is 0.306. The normalized spacial score (nSPS) is 11.1. The Morgan fingerprint density at radius 3 is 2.14 bits per heavy atom. The van der Waals surface area contributed by atoms with Gasteiger partial charge in [0.1, 0.15) is 12.4 Å². The van der Waals surface area contributed by atoms with Crippen LogP contribution >= 0.6 is 34.5 Å². The lowest BCUT2D eigenvalue weighted by Gasteiger charge is -2.06.